The lowest BCUT2D eigenvalue weighted by Crippen LogP contribution is -2.10. The van der Waals surface area contributed by atoms with Crippen LogP contribution in [0.1, 0.15) is 5.69 Å². The van der Waals surface area contributed by atoms with Crippen molar-refractivity contribution >= 4 is 34.0 Å². The average Bonchev–Trinajstić information content (AvgIpc) is 2.72. The fourth-order valence-corrected chi connectivity index (χ4v) is 2.18. The molecule has 0 saturated carbocycles. The van der Waals surface area contributed by atoms with E-state index in [4.69, 9.17) is 5.73 Å². The summed E-state index contributed by atoms with van der Waals surface area (Å²) in [7, 11) is 1.90. The molecule has 0 aliphatic carbocycles. The maximum absolute atomic E-state index is 13.4. The molecule has 18 heavy (non-hydrogen) atoms. The molecule has 0 amide bonds. The van der Waals surface area contributed by atoms with Gasteiger partial charge in [0.15, 0.2) is 0 Å². The molecule has 0 fully saturated rings. The number of nitrogens with two attached hydrogens (primary N) is 1. The summed E-state index contributed by atoms with van der Waals surface area (Å²) in [5.74, 6) is -0.257. The number of hydrogen-bond acceptors (Lipinski definition) is 3. The van der Waals surface area contributed by atoms with Crippen LogP contribution in [0.4, 0.5) is 15.8 Å². The molecule has 6 heteroatoms. The van der Waals surface area contributed by atoms with Crippen LogP contribution in [-0.4, -0.2) is 16.3 Å². The van der Waals surface area contributed by atoms with Crippen LogP contribution in [-0.2, 0) is 13.5 Å². The maximum Gasteiger partial charge on any atom is 0.138 e. The van der Waals surface area contributed by atoms with Gasteiger partial charge in [0.2, 0.25) is 0 Å². The highest BCUT2D eigenvalue weighted by Crippen LogP contribution is 2.23. The van der Waals surface area contributed by atoms with Crippen molar-refractivity contribution in [1.29, 1.82) is 0 Å². The number of hydrogen-bond donors (Lipinski definition) is 2. The summed E-state index contributed by atoms with van der Waals surface area (Å²) >= 11 is 1.92. The van der Waals surface area contributed by atoms with Crippen molar-refractivity contribution < 1.29 is 4.39 Å². The SMILES string of the molecule is Cn1nccc1CCNc1cc(F)c(I)cc1N. The van der Waals surface area contributed by atoms with E-state index >= 15 is 0 Å². The second-order valence-electron chi connectivity index (χ2n) is 3.98. The minimum atomic E-state index is -0.257. The molecule has 0 aliphatic rings. The predicted octanol–water partition coefficient (Wildman–Crippen LogP) is 2.40. The molecule has 1 heterocycles. The first-order valence-corrected chi connectivity index (χ1v) is 6.61. The van der Waals surface area contributed by atoms with Gasteiger partial charge in [0.1, 0.15) is 5.82 Å². The monoisotopic (exact) mass is 360 g/mol. The summed E-state index contributed by atoms with van der Waals surface area (Å²) in [4.78, 5) is 0. The lowest BCUT2D eigenvalue weighted by atomic mass is 10.2. The highest BCUT2D eigenvalue weighted by atomic mass is 127. The van der Waals surface area contributed by atoms with Crippen LogP contribution in [0.25, 0.3) is 0 Å². The Morgan fingerprint density at radius 1 is 1.50 bits per heavy atom. The van der Waals surface area contributed by atoms with Gasteiger partial charge in [0.05, 0.1) is 14.9 Å². The van der Waals surface area contributed by atoms with Gasteiger partial charge in [-0.1, -0.05) is 0 Å². The van der Waals surface area contributed by atoms with Crippen molar-refractivity contribution in [2.45, 2.75) is 6.42 Å². The first kappa shape index (κ1) is 13.1. The Labute approximate surface area is 119 Å². The molecule has 0 bridgehead atoms. The Hall–Kier alpha value is -1.31. The van der Waals surface area contributed by atoms with Crippen molar-refractivity contribution in [2.24, 2.45) is 7.05 Å². The van der Waals surface area contributed by atoms with Crippen molar-refractivity contribution in [3.8, 4) is 0 Å². The average molecular weight is 360 g/mol. The molecular weight excluding hydrogens is 346 g/mol. The van der Waals surface area contributed by atoms with Crippen molar-refractivity contribution in [2.75, 3.05) is 17.6 Å². The number of aryl methyl sites for hydroxylation is 1. The van der Waals surface area contributed by atoms with E-state index in [2.05, 4.69) is 10.4 Å². The molecule has 1 aromatic carbocycles. The second-order valence-corrected chi connectivity index (χ2v) is 5.14. The van der Waals surface area contributed by atoms with Crippen LogP contribution in [0.5, 0.6) is 0 Å². The standard InChI is InChI=1S/C12H14FIN4/c1-18-8(3-5-17-18)2-4-16-12-6-9(13)10(14)7-11(12)15/h3,5-7,16H,2,4,15H2,1H3. The van der Waals surface area contributed by atoms with Crippen LogP contribution in [0, 0.1) is 9.39 Å². The summed E-state index contributed by atoms with van der Waals surface area (Å²) in [6.07, 6.45) is 2.57. The highest BCUT2D eigenvalue weighted by molar-refractivity contribution is 14.1. The first-order valence-electron chi connectivity index (χ1n) is 5.53. The van der Waals surface area contributed by atoms with Crippen LogP contribution in [0.3, 0.4) is 0 Å². The third-order valence-electron chi connectivity index (χ3n) is 2.71. The number of aromatic nitrogens is 2. The van der Waals surface area contributed by atoms with Gasteiger partial charge in [-0.3, -0.25) is 4.68 Å². The van der Waals surface area contributed by atoms with Gasteiger partial charge in [-0.2, -0.15) is 5.10 Å². The third kappa shape index (κ3) is 2.92. The molecule has 96 valence electrons. The molecule has 3 N–H and O–H groups in total. The van der Waals surface area contributed by atoms with Crippen LogP contribution >= 0.6 is 22.6 Å². The molecule has 4 nitrogen and oxygen atoms in total. The third-order valence-corrected chi connectivity index (χ3v) is 3.54. The van der Waals surface area contributed by atoms with Gasteiger partial charge < -0.3 is 11.1 Å². The number of rotatable bonds is 4. The van der Waals surface area contributed by atoms with Gasteiger partial charge >= 0.3 is 0 Å². The highest BCUT2D eigenvalue weighted by Gasteiger charge is 2.06. The fraction of sp³-hybridized carbons (Fsp3) is 0.250. The molecule has 0 radical (unpaired) electrons. The molecule has 0 spiro atoms. The number of halogens is 2. The van der Waals surface area contributed by atoms with Gasteiger partial charge in [0.25, 0.3) is 0 Å². The Morgan fingerprint density at radius 2 is 2.28 bits per heavy atom. The van der Waals surface area contributed by atoms with Crippen LogP contribution < -0.4 is 11.1 Å². The van der Waals surface area contributed by atoms with Crippen LogP contribution in [0.15, 0.2) is 24.4 Å². The smallest absolute Gasteiger partial charge is 0.138 e. The lowest BCUT2D eigenvalue weighted by Gasteiger charge is -2.10. The number of nitrogens with one attached hydrogen (secondary N) is 1. The minimum absolute atomic E-state index is 0.257. The number of nitrogens with zero attached hydrogens (tertiary/aromatic N) is 2. The number of anilines is 2. The molecule has 2 aromatic rings. The summed E-state index contributed by atoms with van der Waals surface area (Å²) in [6.45, 7) is 0.684. The molecule has 0 saturated heterocycles. The lowest BCUT2D eigenvalue weighted by molar-refractivity contribution is 0.621. The van der Waals surface area contributed by atoms with E-state index in [0.29, 0.717) is 21.5 Å². The molecular formula is C12H14FIN4. The maximum atomic E-state index is 13.4. The quantitative estimate of drug-likeness (QED) is 0.651. The van der Waals surface area contributed by atoms with E-state index in [1.807, 2.05) is 40.4 Å². The van der Waals surface area contributed by atoms with Crippen LogP contribution in [0.2, 0.25) is 0 Å². The zero-order valence-electron chi connectivity index (χ0n) is 9.95. The Kier molecular flexibility index (Phi) is 4.05. The van der Waals surface area contributed by atoms with E-state index in [-0.39, 0.29) is 5.82 Å². The number of benzene rings is 1. The molecule has 0 unspecified atom stereocenters. The van der Waals surface area contributed by atoms with Gasteiger partial charge in [-0.25, -0.2) is 4.39 Å². The van der Waals surface area contributed by atoms with E-state index < -0.39 is 0 Å². The molecule has 0 aliphatic heterocycles. The minimum Gasteiger partial charge on any atom is -0.397 e. The van der Waals surface area contributed by atoms with Gasteiger partial charge in [-0.15, -0.1) is 0 Å². The summed E-state index contributed by atoms with van der Waals surface area (Å²) in [5, 5.41) is 7.23. The van der Waals surface area contributed by atoms with E-state index in [1.165, 1.54) is 6.07 Å². The van der Waals surface area contributed by atoms with Gasteiger partial charge in [0, 0.05) is 38.0 Å². The van der Waals surface area contributed by atoms with Gasteiger partial charge in [-0.05, 0) is 34.7 Å². The second kappa shape index (κ2) is 5.55. The summed E-state index contributed by atoms with van der Waals surface area (Å²) in [6, 6.07) is 5.02. The molecule has 2 rings (SSSR count). The molecule has 0 atom stereocenters. The summed E-state index contributed by atoms with van der Waals surface area (Å²) < 4.78 is 15.8. The Bertz CT molecular complexity index is 553. The Morgan fingerprint density at radius 3 is 2.94 bits per heavy atom. The summed E-state index contributed by atoms with van der Waals surface area (Å²) in [5.41, 5.74) is 8.14. The van der Waals surface area contributed by atoms with Crippen molar-refractivity contribution in [1.82, 2.24) is 9.78 Å². The topological polar surface area (TPSA) is 55.9 Å². The van der Waals surface area contributed by atoms with E-state index in [9.17, 15) is 4.39 Å². The Balaban J connectivity index is 1.99. The van der Waals surface area contributed by atoms with Crippen molar-refractivity contribution in [3.05, 3.63) is 39.5 Å². The molecule has 1 aromatic heterocycles. The first-order chi connectivity index (χ1) is 8.58. The number of nitrogen functional groups attached to an aromatic ring is 1. The largest absolute Gasteiger partial charge is 0.397 e. The zero-order valence-corrected chi connectivity index (χ0v) is 12.1. The van der Waals surface area contributed by atoms with Crippen molar-refractivity contribution in [3.63, 3.8) is 0 Å². The fourth-order valence-electron chi connectivity index (χ4n) is 1.69. The van der Waals surface area contributed by atoms with E-state index in [0.717, 1.165) is 12.1 Å². The normalized spacial score (nSPS) is 10.6. The van der Waals surface area contributed by atoms with E-state index in [1.54, 1.807) is 12.3 Å². The predicted molar refractivity (Wildman–Crippen MR) is 78.9 cm³/mol. The zero-order chi connectivity index (χ0) is 13.1.